The first-order chi connectivity index (χ1) is 10.2. The summed E-state index contributed by atoms with van der Waals surface area (Å²) in [4.78, 5) is 18.7. The van der Waals surface area contributed by atoms with Gasteiger partial charge in [0.15, 0.2) is 0 Å². The summed E-state index contributed by atoms with van der Waals surface area (Å²) in [5, 5.41) is 0. The summed E-state index contributed by atoms with van der Waals surface area (Å²) in [5.74, 6) is 0.963. The molecule has 1 aromatic carbocycles. The van der Waals surface area contributed by atoms with Crippen molar-refractivity contribution in [3.8, 4) is 11.4 Å². The van der Waals surface area contributed by atoms with Crippen LogP contribution in [0.25, 0.3) is 11.4 Å². The Morgan fingerprint density at radius 2 is 2.10 bits per heavy atom. The maximum atomic E-state index is 12.4. The van der Waals surface area contributed by atoms with E-state index in [2.05, 4.69) is 4.98 Å². The number of nitrogens with zero attached hydrogens (tertiary/aromatic N) is 3. The van der Waals surface area contributed by atoms with E-state index in [0.717, 1.165) is 36.5 Å². The molecule has 1 aliphatic rings. The lowest BCUT2D eigenvalue weighted by molar-refractivity contribution is -0.132. The maximum absolute atomic E-state index is 12.4. The Labute approximate surface area is 124 Å². The summed E-state index contributed by atoms with van der Waals surface area (Å²) in [5.41, 5.74) is 7.40. The Bertz CT molecular complexity index is 628. The van der Waals surface area contributed by atoms with Crippen LogP contribution in [0.15, 0.2) is 36.7 Å². The van der Waals surface area contributed by atoms with Gasteiger partial charge in [-0.15, -0.1) is 0 Å². The average Bonchev–Trinajstić information content (AvgIpc) is 3.20. The minimum atomic E-state index is 0.162. The number of hydrogen-bond donors (Lipinski definition) is 1. The van der Waals surface area contributed by atoms with E-state index in [9.17, 15) is 4.79 Å². The third kappa shape index (κ3) is 2.91. The van der Waals surface area contributed by atoms with Crippen molar-refractivity contribution in [3.05, 3.63) is 36.7 Å². The molecule has 0 spiro atoms. The average molecular weight is 284 g/mol. The number of hydrogen-bond acceptors (Lipinski definition) is 3. The molecule has 2 N–H and O–H groups in total. The first-order valence-corrected chi connectivity index (χ1v) is 7.35. The molecular weight excluding hydrogens is 264 g/mol. The van der Waals surface area contributed by atoms with Gasteiger partial charge >= 0.3 is 0 Å². The van der Waals surface area contributed by atoms with Crippen molar-refractivity contribution in [3.63, 3.8) is 0 Å². The number of imidazole rings is 1. The van der Waals surface area contributed by atoms with E-state index in [1.54, 1.807) is 6.20 Å². The Hall–Kier alpha value is -2.30. The van der Waals surface area contributed by atoms with Crippen LogP contribution in [0.4, 0.5) is 5.69 Å². The topological polar surface area (TPSA) is 64.2 Å². The van der Waals surface area contributed by atoms with E-state index < -0.39 is 0 Å². The van der Waals surface area contributed by atoms with Crippen LogP contribution in [0.1, 0.15) is 19.8 Å². The van der Waals surface area contributed by atoms with E-state index in [1.807, 2.05) is 46.9 Å². The fourth-order valence-corrected chi connectivity index (χ4v) is 2.59. The van der Waals surface area contributed by atoms with Crippen LogP contribution >= 0.6 is 0 Å². The number of likely N-dealkylation sites (N-methyl/N-ethyl adjacent to an activating group) is 1. The second-order valence-electron chi connectivity index (χ2n) is 5.41. The van der Waals surface area contributed by atoms with Crippen LogP contribution < -0.4 is 5.73 Å². The van der Waals surface area contributed by atoms with Gasteiger partial charge in [-0.05, 0) is 44.0 Å². The molecule has 1 amide bonds. The van der Waals surface area contributed by atoms with Gasteiger partial charge in [0.1, 0.15) is 12.4 Å². The summed E-state index contributed by atoms with van der Waals surface area (Å²) in [7, 11) is 0. The van der Waals surface area contributed by atoms with Gasteiger partial charge in [-0.2, -0.15) is 0 Å². The highest BCUT2D eigenvalue weighted by molar-refractivity contribution is 5.77. The van der Waals surface area contributed by atoms with E-state index >= 15 is 0 Å². The largest absolute Gasteiger partial charge is 0.399 e. The molecule has 0 radical (unpaired) electrons. The monoisotopic (exact) mass is 284 g/mol. The van der Waals surface area contributed by atoms with Gasteiger partial charge in [-0.25, -0.2) is 4.98 Å². The molecule has 1 aliphatic carbocycles. The molecule has 0 saturated heterocycles. The molecule has 0 bridgehead atoms. The van der Waals surface area contributed by atoms with Gasteiger partial charge in [0.05, 0.1) is 0 Å². The zero-order valence-electron chi connectivity index (χ0n) is 12.2. The van der Waals surface area contributed by atoms with Crippen LogP contribution in [0.3, 0.4) is 0 Å². The summed E-state index contributed by atoms with van der Waals surface area (Å²) in [6.07, 6.45) is 5.85. The second-order valence-corrected chi connectivity index (χ2v) is 5.41. The fraction of sp³-hybridized carbons (Fsp3) is 0.375. The smallest absolute Gasteiger partial charge is 0.242 e. The lowest BCUT2D eigenvalue weighted by Crippen LogP contribution is -2.35. The number of benzene rings is 1. The van der Waals surface area contributed by atoms with Gasteiger partial charge in [-0.3, -0.25) is 4.79 Å². The van der Waals surface area contributed by atoms with Crippen molar-refractivity contribution in [2.45, 2.75) is 32.4 Å². The van der Waals surface area contributed by atoms with Crippen molar-refractivity contribution >= 4 is 11.6 Å². The van der Waals surface area contributed by atoms with Crippen LogP contribution in [-0.2, 0) is 11.3 Å². The lowest BCUT2D eigenvalue weighted by atomic mass is 10.2. The molecule has 2 aromatic rings. The molecule has 110 valence electrons. The molecule has 0 unspecified atom stereocenters. The van der Waals surface area contributed by atoms with Crippen LogP contribution in [0, 0.1) is 0 Å². The minimum absolute atomic E-state index is 0.162. The van der Waals surface area contributed by atoms with E-state index in [4.69, 9.17) is 5.73 Å². The van der Waals surface area contributed by atoms with Crippen molar-refractivity contribution in [2.24, 2.45) is 0 Å². The quantitative estimate of drug-likeness (QED) is 0.856. The van der Waals surface area contributed by atoms with Crippen LogP contribution in [0.5, 0.6) is 0 Å². The Morgan fingerprint density at radius 3 is 2.71 bits per heavy atom. The highest BCUT2D eigenvalue weighted by atomic mass is 16.2. The van der Waals surface area contributed by atoms with E-state index in [0.29, 0.717) is 12.6 Å². The highest BCUT2D eigenvalue weighted by Crippen LogP contribution is 2.27. The molecule has 5 heteroatoms. The first kappa shape index (κ1) is 13.7. The molecule has 1 aromatic heterocycles. The highest BCUT2D eigenvalue weighted by Gasteiger charge is 2.31. The molecule has 1 saturated carbocycles. The summed E-state index contributed by atoms with van der Waals surface area (Å²) < 4.78 is 1.90. The third-order valence-corrected chi connectivity index (χ3v) is 3.84. The fourth-order valence-electron chi connectivity index (χ4n) is 2.59. The molecule has 1 fully saturated rings. The predicted octanol–water partition coefficient (Wildman–Crippen LogP) is 2.14. The molecule has 0 atom stereocenters. The SMILES string of the molecule is CCN(C(=O)Cn1ccnc1-c1ccc(N)cc1)C1CC1. The summed E-state index contributed by atoms with van der Waals surface area (Å²) >= 11 is 0. The van der Waals surface area contributed by atoms with Gasteiger partial charge in [0, 0.05) is 36.2 Å². The molecule has 0 aliphatic heterocycles. The normalized spacial score (nSPS) is 14.1. The molecule has 21 heavy (non-hydrogen) atoms. The first-order valence-electron chi connectivity index (χ1n) is 7.35. The third-order valence-electron chi connectivity index (χ3n) is 3.84. The van der Waals surface area contributed by atoms with Crippen LogP contribution in [0.2, 0.25) is 0 Å². The van der Waals surface area contributed by atoms with Gasteiger partial charge in [0.2, 0.25) is 5.91 Å². The van der Waals surface area contributed by atoms with Crippen molar-refractivity contribution in [2.75, 3.05) is 12.3 Å². The van der Waals surface area contributed by atoms with Crippen molar-refractivity contribution in [1.82, 2.24) is 14.5 Å². The van der Waals surface area contributed by atoms with E-state index in [-0.39, 0.29) is 5.91 Å². The van der Waals surface area contributed by atoms with Gasteiger partial charge in [0.25, 0.3) is 0 Å². The van der Waals surface area contributed by atoms with Gasteiger partial charge in [-0.1, -0.05) is 0 Å². The maximum Gasteiger partial charge on any atom is 0.242 e. The van der Waals surface area contributed by atoms with Crippen LogP contribution in [-0.4, -0.2) is 32.9 Å². The number of rotatable bonds is 5. The second kappa shape index (κ2) is 5.60. The zero-order chi connectivity index (χ0) is 14.8. The number of aromatic nitrogens is 2. The minimum Gasteiger partial charge on any atom is -0.399 e. The van der Waals surface area contributed by atoms with E-state index in [1.165, 1.54) is 0 Å². The van der Waals surface area contributed by atoms with Crippen molar-refractivity contribution in [1.29, 1.82) is 0 Å². The standard InChI is InChI=1S/C16H20N4O/c1-2-20(14-7-8-14)15(21)11-19-10-9-18-16(19)12-3-5-13(17)6-4-12/h3-6,9-10,14H,2,7-8,11,17H2,1H3. The molecule has 5 nitrogen and oxygen atoms in total. The predicted molar refractivity (Wildman–Crippen MR) is 82.5 cm³/mol. The molecule has 1 heterocycles. The lowest BCUT2D eigenvalue weighted by Gasteiger charge is -2.21. The zero-order valence-corrected chi connectivity index (χ0v) is 12.2. The Morgan fingerprint density at radius 1 is 1.38 bits per heavy atom. The summed E-state index contributed by atoms with van der Waals surface area (Å²) in [6, 6.07) is 8.00. The number of nitrogen functional groups attached to an aromatic ring is 1. The molecule has 3 rings (SSSR count). The van der Waals surface area contributed by atoms with Crippen molar-refractivity contribution < 1.29 is 4.79 Å². The molecular formula is C16H20N4O. The number of carbonyl (C=O) groups excluding carboxylic acids is 1. The number of amides is 1. The number of anilines is 1. The van der Waals surface area contributed by atoms with Gasteiger partial charge < -0.3 is 15.2 Å². The Balaban J connectivity index is 1.79. The number of nitrogens with two attached hydrogens (primary N) is 1. The summed E-state index contributed by atoms with van der Waals surface area (Å²) in [6.45, 7) is 3.14. The Kier molecular flexibility index (Phi) is 3.64. The number of carbonyl (C=O) groups is 1.